The summed E-state index contributed by atoms with van der Waals surface area (Å²) >= 11 is 0. The van der Waals surface area contributed by atoms with Crippen molar-refractivity contribution in [3.63, 3.8) is 0 Å². The summed E-state index contributed by atoms with van der Waals surface area (Å²) in [6, 6.07) is 14.7. The van der Waals surface area contributed by atoms with Gasteiger partial charge >= 0.3 is 0 Å². The molecule has 122 valence electrons. The highest BCUT2D eigenvalue weighted by molar-refractivity contribution is 6.12. The topological polar surface area (TPSA) is 40.8 Å². The molecule has 0 bridgehead atoms. The van der Waals surface area contributed by atoms with Crippen LogP contribution in [0.15, 0.2) is 47.0 Å². The maximum atomic E-state index is 9.58. The molecule has 2 aromatic carbocycles. The quantitative estimate of drug-likeness (QED) is 0.468. The van der Waals surface area contributed by atoms with E-state index in [1.54, 1.807) is 0 Å². The van der Waals surface area contributed by atoms with Gasteiger partial charge in [0.2, 0.25) is 5.69 Å². The van der Waals surface area contributed by atoms with Gasteiger partial charge in [-0.25, -0.2) is 4.57 Å². The van der Waals surface area contributed by atoms with Crippen LogP contribution in [-0.4, -0.2) is 0 Å². The summed E-state index contributed by atoms with van der Waals surface area (Å²) in [5.74, 6) is 0. The first-order valence-electron chi connectivity index (χ1n) is 8.34. The maximum absolute atomic E-state index is 9.58. The minimum atomic E-state index is 0.620. The SMILES string of the molecule is Cc1ccc2c(oc3c(-c4cccc[n+]4C)c(C)cc(C)c32)c1C#N. The van der Waals surface area contributed by atoms with E-state index in [-0.39, 0.29) is 0 Å². The Morgan fingerprint density at radius 1 is 0.960 bits per heavy atom. The molecule has 3 heteroatoms. The lowest BCUT2D eigenvalue weighted by atomic mass is 9.96. The first-order valence-corrected chi connectivity index (χ1v) is 8.34. The highest BCUT2D eigenvalue weighted by Crippen LogP contribution is 2.40. The molecule has 0 saturated heterocycles. The Morgan fingerprint density at radius 2 is 1.76 bits per heavy atom. The minimum absolute atomic E-state index is 0.620. The third-order valence-corrected chi connectivity index (χ3v) is 4.94. The van der Waals surface area contributed by atoms with Crippen LogP contribution < -0.4 is 4.57 Å². The number of hydrogen-bond acceptors (Lipinski definition) is 2. The summed E-state index contributed by atoms with van der Waals surface area (Å²) < 4.78 is 8.42. The standard InChI is InChI=1S/C22H19N2O/c1-13-8-9-16-19-14(2)11-15(3)20(18-7-5-6-10-24(18)4)22(19)25-21(16)17(13)12-23/h5-11H,1-4H3/q+1. The molecule has 2 heterocycles. The van der Waals surface area contributed by atoms with Crippen LogP contribution in [-0.2, 0) is 7.05 Å². The molecule has 3 nitrogen and oxygen atoms in total. The van der Waals surface area contributed by atoms with Crippen LogP contribution in [0.2, 0.25) is 0 Å². The lowest BCUT2D eigenvalue weighted by Crippen LogP contribution is -2.30. The molecule has 0 radical (unpaired) electrons. The van der Waals surface area contributed by atoms with Gasteiger partial charge in [-0.05, 0) is 43.5 Å². The highest BCUT2D eigenvalue weighted by Gasteiger charge is 2.23. The molecule has 4 aromatic rings. The summed E-state index contributed by atoms with van der Waals surface area (Å²) in [5, 5.41) is 11.7. The van der Waals surface area contributed by atoms with E-state index in [4.69, 9.17) is 4.42 Å². The molecule has 25 heavy (non-hydrogen) atoms. The Kier molecular flexibility index (Phi) is 3.36. The average molecular weight is 327 g/mol. The lowest BCUT2D eigenvalue weighted by molar-refractivity contribution is -0.660. The fraction of sp³-hybridized carbons (Fsp3) is 0.182. The van der Waals surface area contributed by atoms with Gasteiger partial charge in [0.15, 0.2) is 11.8 Å². The molecule has 0 aliphatic heterocycles. The van der Waals surface area contributed by atoms with Gasteiger partial charge < -0.3 is 4.42 Å². The van der Waals surface area contributed by atoms with Gasteiger partial charge in [0, 0.05) is 22.9 Å². The molecule has 0 aliphatic rings. The van der Waals surface area contributed by atoms with Crippen LogP contribution >= 0.6 is 0 Å². The van der Waals surface area contributed by atoms with Crippen molar-refractivity contribution < 1.29 is 8.98 Å². The van der Waals surface area contributed by atoms with Crippen molar-refractivity contribution in [3.05, 3.63) is 64.8 Å². The second-order valence-corrected chi connectivity index (χ2v) is 6.63. The first kappa shape index (κ1) is 15.4. The zero-order chi connectivity index (χ0) is 17.7. The fourth-order valence-electron chi connectivity index (χ4n) is 3.72. The number of furan rings is 1. The fourth-order valence-corrected chi connectivity index (χ4v) is 3.72. The van der Waals surface area contributed by atoms with Gasteiger partial charge in [0.25, 0.3) is 0 Å². The summed E-state index contributed by atoms with van der Waals surface area (Å²) in [4.78, 5) is 0. The number of fused-ring (bicyclic) bond motifs is 3. The van der Waals surface area contributed by atoms with Gasteiger partial charge in [-0.1, -0.05) is 18.2 Å². The Bertz CT molecular complexity index is 1190. The van der Waals surface area contributed by atoms with Crippen molar-refractivity contribution in [2.45, 2.75) is 20.8 Å². The van der Waals surface area contributed by atoms with Crippen molar-refractivity contribution in [2.75, 3.05) is 0 Å². The number of pyridine rings is 1. The van der Waals surface area contributed by atoms with E-state index in [0.29, 0.717) is 11.1 Å². The average Bonchev–Trinajstić information content (AvgIpc) is 2.96. The predicted octanol–water partition coefficient (Wildman–Crippen LogP) is 4.87. The number of rotatable bonds is 1. The molecule has 0 aliphatic carbocycles. The molecule has 0 unspecified atom stereocenters. The Hall–Kier alpha value is -3.12. The highest BCUT2D eigenvalue weighted by atomic mass is 16.3. The second kappa shape index (κ2) is 5.46. The smallest absolute Gasteiger partial charge is 0.216 e. The molecule has 0 N–H and O–H groups in total. The molecule has 4 rings (SSSR count). The number of nitriles is 1. The van der Waals surface area contributed by atoms with Crippen molar-refractivity contribution in [3.8, 4) is 17.3 Å². The van der Waals surface area contributed by atoms with Crippen molar-refractivity contribution in [1.82, 2.24) is 0 Å². The molecular weight excluding hydrogens is 308 g/mol. The zero-order valence-corrected chi connectivity index (χ0v) is 14.8. The Morgan fingerprint density at radius 3 is 2.48 bits per heavy atom. The number of benzene rings is 2. The number of aromatic nitrogens is 1. The largest absolute Gasteiger partial charge is 0.454 e. The minimum Gasteiger partial charge on any atom is -0.454 e. The van der Waals surface area contributed by atoms with Crippen molar-refractivity contribution in [1.29, 1.82) is 5.26 Å². The summed E-state index contributed by atoms with van der Waals surface area (Å²) in [7, 11) is 2.04. The number of aryl methyl sites for hydroxylation is 4. The number of nitrogens with zero attached hydrogens (tertiary/aromatic N) is 2. The molecular formula is C22H19N2O+. The van der Waals surface area contributed by atoms with Crippen molar-refractivity contribution >= 4 is 21.9 Å². The molecule has 0 fully saturated rings. The van der Waals surface area contributed by atoms with E-state index in [2.05, 4.69) is 42.7 Å². The molecule has 0 atom stereocenters. The molecule has 0 spiro atoms. The summed E-state index contributed by atoms with van der Waals surface area (Å²) in [6.07, 6.45) is 2.04. The predicted molar refractivity (Wildman–Crippen MR) is 99.3 cm³/mol. The normalized spacial score (nSPS) is 11.2. The first-order chi connectivity index (χ1) is 12.0. The Balaban J connectivity index is 2.25. The van der Waals surface area contributed by atoms with E-state index in [1.165, 1.54) is 11.1 Å². The van der Waals surface area contributed by atoms with Crippen LogP contribution in [0.4, 0.5) is 0 Å². The van der Waals surface area contributed by atoms with Gasteiger partial charge in [0.1, 0.15) is 18.7 Å². The maximum Gasteiger partial charge on any atom is 0.216 e. The van der Waals surface area contributed by atoms with Gasteiger partial charge in [0.05, 0.1) is 11.1 Å². The summed E-state index contributed by atoms with van der Waals surface area (Å²) in [6.45, 7) is 6.16. The van der Waals surface area contributed by atoms with E-state index in [1.807, 2.05) is 38.4 Å². The second-order valence-electron chi connectivity index (χ2n) is 6.63. The van der Waals surface area contributed by atoms with Crippen molar-refractivity contribution in [2.24, 2.45) is 7.05 Å². The van der Waals surface area contributed by atoms with E-state index < -0.39 is 0 Å². The van der Waals surface area contributed by atoms with E-state index >= 15 is 0 Å². The van der Waals surface area contributed by atoms with E-state index in [9.17, 15) is 5.26 Å². The molecule has 0 saturated carbocycles. The summed E-state index contributed by atoms with van der Waals surface area (Å²) in [5.41, 5.74) is 7.62. The third kappa shape index (κ3) is 2.15. The van der Waals surface area contributed by atoms with Gasteiger partial charge in [-0.3, -0.25) is 0 Å². The lowest BCUT2D eigenvalue weighted by Gasteiger charge is -2.07. The van der Waals surface area contributed by atoms with Crippen LogP contribution in [0.25, 0.3) is 33.2 Å². The van der Waals surface area contributed by atoms with Crippen LogP contribution in [0.3, 0.4) is 0 Å². The van der Waals surface area contributed by atoms with Gasteiger partial charge in [-0.15, -0.1) is 0 Å². The number of hydrogen-bond donors (Lipinski definition) is 0. The molecule has 0 amide bonds. The Labute approximate surface area is 146 Å². The van der Waals surface area contributed by atoms with Crippen LogP contribution in [0.5, 0.6) is 0 Å². The molecule has 2 aromatic heterocycles. The third-order valence-electron chi connectivity index (χ3n) is 4.94. The monoisotopic (exact) mass is 327 g/mol. The van der Waals surface area contributed by atoms with Crippen LogP contribution in [0, 0.1) is 32.1 Å². The zero-order valence-electron chi connectivity index (χ0n) is 14.8. The van der Waals surface area contributed by atoms with Crippen LogP contribution in [0.1, 0.15) is 22.3 Å². The van der Waals surface area contributed by atoms with Gasteiger partial charge in [-0.2, -0.15) is 5.26 Å². The van der Waals surface area contributed by atoms with E-state index in [0.717, 1.165) is 33.2 Å².